The Morgan fingerprint density at radius 2 is 1.71 bits per heavy atom. The normalized spacial score (nSPS) is 10.8. The number of benzene rings is 2. The molecule has 3 aromatic rings. The molecule has 3 rings (SSSR count). The molecule has 2 aromatic carbocycles. The summed E-state index contributed by atoms with van der Waals surface area (Å²) in [6, 6.07) is 13.8. The summed E-state index contributed by atoms with van der Waals surface area (Å²) < 4.78 is 20.6. The summed E-state index contributed by atoms with van der Waals surface area (Å²) in [5.41, 5.74) is 3.80. The van der Waals surface area contributed by atoms with E-state index in [1.54, 1.807) is 35.7 Å². The van der Waals surface area contributed by atoms with Crippen molar-refractivity contribution >= 4 is 5.91 Å². The topological polar surface area (TPSA) is 47.4 Å². The average Bonchev–Trinajstić information content (AvgIpc) is 2.97. The lowest BCUT2D eigenvalue weighted by atomic mass is 10.1. The monoisotopic (exact) mass is 381 g/mol. The molecule has 28 heavy (non-hydrogen) atoms. The van der Waals surface area contributed by atoms with E-state index in [4.69, 9.17) is 4.74 Å². The van der Waals surface area contributed by atoms with Gasteiger partial charge in [-0.15, -0.1) is 0 Å². The number of amides is 1. The van der Waals surface area contributed by atoms with E-state index in [-0.39, 0.29) is 11.7 Å². The molecule has 1 aromatic heterocycles. The molecule has 0 aliphatic rings. The highest BCUT2D eigenvalue weighted by atomic mass is 19.1. The first kappa shape index (κ1) is 19.6. The summed E-state index contributed by atoms with van der Waals surface area (Å²) >= 11 is 0. The van der Waals surface area contributed by atoms with Crippen LogP contribution in [0.2, 0.25) is 0 Å². The largest absolute Gasteiger partial charge is 0.492 e. The second-order valence-electron chi connectivity index (χ2n) is 6.82. The summed E-state index contributed by atoms with van der Waals surface area (Å²) in [5, 5.41) is 4.47. The first-order valence-corrected chi connectivity index (χ1v) is 9.14. The molecule has 0 saturated carbocycles. The molecule has 0 fully saturated rings. The number of carbonyl (C=O) groups is 1. The predicted octanol–water partition coefficient (Wildman–Crippen LogP) is 4.09. The zero-order chi connectivity index (χ0) is 20.3. The van der Waals surface area contributed by atoms with Crippen LogP contribution in [0.4, 0.5) is 4.39 Å². The third-order valence-corrected chi connectivity index (χ3v) is 4.64. The van der Waals surface area contributed by atoms with Crippen molar-refractivity contribution in [3.8, 4) is 11.4 Å². The van der Waals surface area contributed by atoms with Crippen molar-refractivity contribution in [2.75, 3.05) is 20.2 Å². The minimum atomic E-state index is -0.310. The van der Waals surface area contributed by atoms with Crippen molar-refractivity contribution < 1.29 is 13.9 Å². The van der Waals surface area contributed by atoms with Crippen molar-refractivity contribution in [3.05, 3.63) is 76.9 Å². The van der Waals surface area contributed by atoms with E-state index in [2.05, 4.69) is 5.10 Å². The van der Waals surface area contributed by atoms with E-state index >= 15 is 0 Å². The van der Waals surface area contributed by atoms with Gasteiger partial charge < -0.3 is 9.64 Å². The van der Waals surface area contributed by atoms with Gasteiger partial charge in [0.2, 0.25) is 0 Å². The van der Waals surface area contributed by atoms with Gasteiger partial charge in [-0.05, 0) is 57.2 Å². The Bertz CT molecular complexity index is 963. The molecule has 0 aliphatic carbocycles. The number of likely N-dealkylation sites (N-methyl/N-ethyl adjacent to an activating group) is 1. The highest BCUT2D eigenvalue weighted by molar-refractivity contribution is 5.96. The van der Waals surface area contributed by atoms with Crippen LogP contribution >= 0.6 is 0 Å². The van der Waals surface area contributed by atoms with Gasteiger partial charge in [-0.1, -0.05) is 17.7 Å². The van der Waals surface area contributed by atoms with Crippen LogP contribution in [0, 0.1) is 26.6 Å². The second-order valence-corrected chi connectivity index (χ2v) is 6.82. The minimum Gasteiger partial charge on any atom is -0.492 e. The van der Waals surface area contributed by atoms with E-state index in [9.17, 15) is 9.18 Å². The van der Waals surface area contributed by atoms with Gasteiger partial charge in [-0.25, -0.2) is 9.07 Å². The minimum absolute atomic E-state index is 0.115. The van der Waals surface area contributed by atoms with Crippen LogP contribution in [0.5, 0.6) is 5.75 Å². The third-order valence-electron chi connectivity index (χ3n) is 4.64. The number of rotatable bonds is 6. The maximum Gasteiger partial charge on any atom is 0.257 e. The molecule has 1 amide bonds. The smallest absolute Gasteiger partial charge is 0.257 e. The Hall–Kier alpha value is -3.15. The van der Waals surface area contributed by atoms with Gasteiger partial charge in [0.25, 0.3) is 5.91 Å². The maximum absolute atomic E-state index is 13.2. The number of nitrogens with zero attached hydrogens (tertiary/aromatic N) is 3. The van der Waals surface area contributed by atoms with Crippen LogP contribution < -0.4 is 4.74 Å². The number of aromatic nitrogens is 2. The second kappa shape index (κ2) is 8.25. The molecule has 0 aliphatic heterocycles. The van der Waals surface area contributed by atoms with Crippen molar-refractivity contribution in [2.45, 2.75) is 20.8 Å². The molecule has 5 nitrogen and oxygen atoms in total. The number of halogens is 1. The van der Waals surface area contributed by atoms with Crippen LogP contribution in [0.25, 0.3) is 5.69 Å². The SMILES string of the molecule is Cc1ccc(OCCN(C)C(=O)c2c(C)nn(-c3ccc(F)cc3)c2C)cc1. The molecular formula is C22H24FN3O2. The first-order chi connectivity index (χ1) is 13.4. The number of ether oxygens (including phenoxy) is 1. The molecule has 1 heterocycles. The summed E-state index contributed by atoms with van der Waals surface area (Å²) in [7, 11) is 1.74. The van der Waals surface area contributed by atoms with Crippen molar-refractivity contribution in [1.29, 1.82) is 0 Å². The lowest BCUT2D eigenvalue weighted by Gasteiger charge is -2.18. The van der Waals surface area contributed by atoms with Crippen molar-refractivity contribution in [1.82, 2.24) is 14.7 Å². The fourth-order valence-electron chi connectivity index (χ4n) is 3.01. The highest BCUT2D eigenvalue weighted by Gasteiger charge is 2.22. The lowest BCUT2D eigenvalue weighted by Crippen LogP contribution is -2.31. The summed E-state index contributed by atoms with van der Waals surface area (Å²) in [6.45, 7) is 6.51. The Kier molecular flexibility index (Phi) is 5.78. The van der Waals surface area contributed by atoms with Gasteiger partial charge in [0.1, 0.15) is 18.2 Å². The molecule has 0 saturated heterocycles. The van der Waals surface area contributed by atoms with Crippen LogP contribution in [0.15, 0.2) is 48.5 Å². The Labute approximate surface area is 164 Å². The number of aryl methyl sites for hydroxylation is 2. The van der Waals surface area contributed by atoms with Gasteiger partial charge in [-0.2, -0.15) is 5.10 Å². The maximum atomic E-state index is 13.2. The summed E-state index contributed by atoms with van der Waals surface area (Å²) in [5.74, 6) is 0.355. The molecule has 6 heteroatoms. The van der Waals surface area contributed by atoms with E-state index in [0.29, 0.717) is 30.1 Å². The predicted molar refractivity (Wildman–Crippen MR) is 107 cm³/mol. The lowest BCUT2D eigenvalue weighted by molar-refractivity contribution is 0.0772. The van der Waals surface area contributed by atoms with Crippen LogP contribution in [0.3, 0.4) is 0 Å². The van der Waals surface area contributed by atoms with Crippen LogP contribution in [0.1, 0.15) is 27.3 Å². The summed E-state index contributed by atoms with van der Waals surface area (Å²) in [6.07, 6.45) is 0. The molecule has 0 radical (unpaired) electrons. The summed E-state index contributed by atoms with van der Waals surface area (Å²) in [4.78, 5) is 14.6. The zero-order valence-corrected chi connectivity index (χ0v) is 16.6. The Morgan fingerprint density at radius 3 is 2.36 bits per heavy atom. The fraction of sp³-hybridized carbons (Fsp3) is 0.273. The molecule has 0 unspecified atom stereocenters. The molecule has 0 bridgehead atoms. The molecule has 0 N–H and O–H groups in total. The van der Waals surface area contributed by atoms with Gasteiger partial charge in [-0.3, -0.25) is 4.79 Å². The Balaban J connectivity index is 1.69. The highest BCUT2D eigenvalue weighted by Crippen LogP contribution is 2.20. The standard InChI is InChI=1S/C22H24FN3O2/c1-15-5-11-20(12-6-15)28-14-13-25(4)22(27)21-16(2)24-26(17(21)3)19-9-7-18(23)8-10-19/h5-12H,13-14H2,1-4H3. The molecule has 0 spiro atoms. The van der Waals surface area contributed by atoms with Crippen molar-refractivity contribution in [3.63, 3.8) is 0 Å². The number of hydrogen-bond donors (Lipinski definition) is 0. The third kappa shape index (κ3) is 4.22. The van der Waals surface area contributed by atoms with E-state index in [1.165, 1.54) is 17.7 Å². The van der Waals surface area contributed by atoms with Gasteiger partial charge >= 0.3 is 0 Å². The van der Waals surface area contributed by atoms with Gasteiger partial charge in [0.05, 0.1) is 29.2 Å². The molecule has 0 atom stereocenters. The molecule has 146 valence electrons. The van der Waals surface area contributed by atoms with Crippen LogP contribution in [-0.2, 0) is 0 Å². The fourth-order valence-corrected chi connectivity index (χ4v) is 3.01. The Morgan fingerprint density at radius 1 is 1.07 bits per heavy atom. The van der Waals surface area contributed by atoms with Gasteiger partial charge in [0, 0.05) is 7.05 Å². The first-order valence-electron chi connectivity index (χ1n) is 9.14. The van der Waals surface area contributed by atoms with Crippen LogP contribution in [-0.4, -0.2) is 40.8 Å². The van der Waals surface area contributed by atoms with E-state index in [1.807, 2.05) is 38.1 Å². The van der Waals surface area contributed by atoms with Gasteiger partial charge in [0.15, 0.2) is 0 Å². The average molecular weight is 381 g/mol. The number of hydrogen-bond acceptors (Lipinski definition) is 3. The molecular weight excluding hydrogens is 357 g/mol. The van der Waals surface area contributed by atoms with Crippen molar-refractivity contribution in [2.24, 2.45) is 0 Å². The van der Waals surface area contributed by atoms with E-state index < -0.39 is 0 Å². The number of carbonyl (C=O) groups excluding carboxylic acids is 1. The quantitative estimate of drug-likeness (QED) is 0.646. The zero-order valence-electron chi connectivity index (χ0n) is 16.6. The van der Waals surface area contributed by atoms with E-state index in [0.717, 1.165) is 11.4 Å².